The summed E-state index contributed by atoms with van der Waals surface area (Å²) >= 11 is 0. The van der Waals surface area contributed by atoms with Crippen LogP contribution in [-0.2, 0) is 28.8 Å². The van der Waals surface area contributed by atoms with Gasteiger partial charge in [0, 0.05) is 38.5 Å². The summed E-state index contributed by atoms with van der Waals surface area (Å²) in [5.74, 6) is -2.52. The van der Waals surface area contributed by atoms with Crippen LogP contribution in [0.2, 0.25) is 0 Å². The Morgan fingerprint density at radius 3 is 1.19 bits per heavy atom. The number of unbranched alkanes of at least 4 members (excludes halogenated alkanes) is 6. The molecular weight excluding hydrogens is 508 g/mol. The van der Waals surface area contributed by atoms with Gasteiger partial charge in [0.05, 0.1) is 10.7 Å². The Morgan fingerprint density at radius 2 is 0.889 bits per heavy atom. The molecule has 202 valence electrons. The first-order valence-electron chi connectivity index (χ1n) is 12.7. The first-order chi connectivity index (χ1) is 17.2. The molecule has 2 rings (SSSR count). The highest BCUT2D eigenvalue weighted by Gasteiger charge is 2.38. The number of carboxylic acid groups (broad SMARTS) is 2. The molecule has 2 saturated heterocycles. The van der Waals surface area contributed by atoms with E-state index in [1.807, 2.05) is 0 Å². The Balaban J connectivity index is 1.96. The Kier molecular flexibility index (Phi) is 13.3. The largest absolute Gasteiger partial charge is 0.481 e. The highest BCUT2D eigenvalue weighted by Crippen LogP contribution is 2.41. The number of imide groups is 2. The van der Waals surface area contributed by atoms with Gasteiger partial charge in [-0.05, 0) is 25.7 Å². The van der Waals surface area contributed by atoms with Gasteiger partial charge in [-0.15, -0.1) is 0 Å². The Morgan fingerprint density at radius 1 is 0.583 bits per heavy atom. The lowest BCUT2D eigenvalue weighted by Gasteiger charge is -2.30. The van der Waals surface area contributed by atoms with Gasteiger partial charge in [-0.25, -0.2) is 0 Å². The topological polar surface area (TPSA) is 149 Å². The minimum Gasteiger partial charge on any atom is -0.481 e. The number of hydrogen-bond donors (Lipinski definition) is 2. The number of aliphatic carboxylic acids is 2. The molecule has 0 spiro atoms. The van der Waals surface area contributed by atoms with Gasteiger partial charge in [0.15, 0.2) is 0 Å². The summed E-state index contributed by atoms with van der Waals surface area (Å²) in [4.78, 5) is 73.7. The summed E-state index contributed by atoms with van der Waals surface area (Å²) in [7, 11) is 2.70. The standard InChI is InChI=1S/C24H36N2O8S2/c27-17-13-14-18(28)25(17)21(9-5-1-3-7-11-23(31)32)35-36-22(26-19(29)15-16-20(26)30)10-6-2-4-8-12-24(33)34/h21-22H,1-16H2,(H,31,32)(H,33,34). The summed E-state index contributed by atoms with van der Waals surface area (Å²) < 4.78 is 0. The van der Waals surface area contributed by atoms with Gasteiger partial charge in [-0.3, -0.25) is 38.6 Å². The summed E-state index contributed by atoms with van der Waals surface area (Å²) in [6, 6.07) is 0. The molecular formula is C24H36N2O8S2. The normalized spacial score (nSPS) is 17.8. The Labute approximate surface area is 219 Å². The fourth-order valence-corrected chi connectivity index (χ4v) is 7.58. The molecule has 2 heterocycles. The first-order valence-corrected chi connectivity index (χ1v) is 14.9. The Bertz CT molecular complexity index is 724. The maximum absolute atomic E-state index is 12.4. The molecule has 0 radical (unpaired) electrons. The van der Waals surface area contributed by atoms with Gasteiger partial charge in [0.2, 0.25) is 23.6 Å². The highest BCUT2D eigenvalue weighted by atomic mass is 33.1. The smallest absolute Gasteiger partial charge is 0.303 e. The van der Waals surface area contributed by atoms with Gasteiger partial charge < -0.3 is 10.2 Å². The van der Waals surface area contributed by atoms with E-state index in [1.54, 1.807) is 0 Å². The van der Waals surface area contributed by atoms with Crippen LogP contribution in [0.15, 0.2) is 0 Å². The van der Waals surface area contributed by atoms with Crippen molar-refractivity contribution in [2.24, 2.45) is 0 Å². The molecule has 2 aliphatic rings. The van der Waals surface area contributed by atoms with Crippen LogP contribution in [0, 0.1) is 0 Å². The number of nitrogens with zero attached hydrogens (tertiary/aromatic N) is 2. The van der Waals surface area contributed by atoms with Crippen LogP contribution >= 0.6 is 21.6 Å². The molecule has 10 nitrogen and oxygen atoms in total. The molecule has 12 heteroatoms. The van der Waals surface area contributed by atoms with E-state index in [-0.39, 0.29) is 62.2 Å². The molecule has 2 fully saturated rings. The van der Waals surface area contributed by atoms with Gasteiger partial charge in [-0.2, -0.15) is 0 Å². The zero-order chi connectivity index (χ0) is 26.5. The van der Waals surface area contributed by atoms with Crippen molar-refractivity contribution in [1.82, 2.24) is 9.80 Å². The van der Waals surface area contributed by atoms with E-state index in [4.69, 9.17) is 10.2 Å². The van der Waals surface area contributed by atoms with Crippen LogP contribution in [0.4, 0.5) is 0 Å². The van der Waals surface area contributed by atoms with Crippen molar-refractivity contribution in [1.29, 1.82) is 0 Å². The van der Waals surface area contributed by atoms with E-state index >= 15 is 0 Å². The van der Waals surface area contributed by atoms with Crippen molar-refractivity contribution < 1.29 is 39.0 Å². The second kappa shape index (κ2) is 15.9. The van der Waals surface area contributed by atoms with Gasteiger partial charge in [0.25, 0.3) is 0 Å². The minimum atomic E-state index is -0.827. The van der Waals surface area contributed by atoms with E-state index in [1.165, 1.54) is 31.4 Å². The molecule has 4 amide bonds. The average Bonchev–Trinajstić information content (AvgIpc) is 3.33. The predicted molar refractivity (Wildman–Crippen MR) is 136 cm³/mol. The lowest BCUT2D eigenvalue weighted by Crippen LogP contribution is -2.39. The molecule has 0 saturated carbocycles. The van der Waals surface area contributed by atoms with Crippen molar-refractivity contribution in [3.63, 3.8) is 0 Å². The van der Waals surface area contributed by atoms with Crippen LogP contribution in [0.1, 0.15) is 103 Å². The number of carbonyl (C=O) groups is 6. The van der Waals surface area contributed by atoms with Crippen molar-refractivity contribution in [2.45, 2.75) is 113 Å². The number of carboxylic acids is 2. The summed E-state index contributed by atoms with van der Waals surface area (Å²) in [6.07, 6.45) is 7.78. The van der Waals surface area contributed by atoms with Crippen molar-refractivity contribution in [3.05, 3.63) is 0 Å². The number of carbonyl (C=O) groups excluding carboxylic acids is 4. The van der Waals surface area contributed by atoms with E-state index in [2.05, 4.69) is 0 Å². The number of amides is 4. The molecule has 2 aliphatic heterocycles. The summed E-state index contributed by atoms with van der Waals surface area (Å²) in [6.45, 7) is 0. The van der Waals surface area contributed by atoms with E-state index in [0.29, 0.717) is 25.7 Å². The van der Waals surface area contributed by atoms with Crippen LogP contribution in [-0.4, -0.2) is 66.3 Å². The lowest BCUT2D eigenvalue weighted by atomic mass is 10.1. The molecule has 0 aliphatic carbocycles. The third-order valence-electron chi connectivity index (χ3n) is 6.22. The molecule has 2 unspecified atom stereocenters. The predicted octanol–water partition coefficient (Wildman–Crippen LogP) is 4.17. The van der Waals surface area contributed by atoms with Crippen LogP contribution in [0.5, 0.6) is 0 Å². The fraction of sp³-hybridized carbons (Fsp3) is 0.750. The molecule has 0 aromatic rings. The maximum atomic E-state index is 12.4. The first kappa shape index (κ1) is 30.1. The maximum Gasteiger partial charge on any atom is 0.303 e. The second-order valence-corrected chi connectivity index (χ2v) is 11.7. The van der Waals surface area contributed by atoms with E-state index < -0.39 is 22.7 Å². The summed E-state index contributed by atoms with van der Waals surface area (Å²) in [5.41, 5.74) is 0. The van der Waals surface area contributed by atoms with Gasteiger partial charge in [0.1, 0.15) is 0 Å². The van der Waals surface area contributed by atoms with Crippen molar-refractivity contribution in [2.75, 3.05) is 0 Å². The molecule has 36 heavy (non-hydrogen) atoms. The fourth-order valence-electron chi connectivity index (χ4n) is 4.30. The van der Waals surface area contributed by atoms with Crippen LogP contribution in [0.25, 0.3) is 0 Å². The molecule has 0 aromatic heterocycles. The van der Waals surface area contributed by atoms with Gasteiger partial charge >= 0.3 is 11.9 Å². The highest BCUT2D eigenvalue weighted by molar-refractivity contribution is 8.77. The molecule has 2 atom stereocenters. The third kappa shape index (κ3) is 10.1. The van der Waals surface area contributed by atoms with E-state index in [0.717, 1.165) is 38.5 Å². The number of hydrogen-bond acceptors (Lipinski definition) is 8. The second-order valence-electron chi connectivity index (χ2n) is 9.11. The number of rotatable bonds is 19. The summed E-state index contributed by atoms with van der Waals surface area (Å²) in [5, 5.41) is 16.7. The molecule has 2 N–H and O–H groups in total. The third-order valence-corrected chi connectivity index (χ3v) is 9.33. The number of likely N-dealkylation sites (tertiary alicyclic amines) is 2. The van der Waals surface area contributed by atoms with Crippen LogP contribution < -0.4 is 0 Å². The van der Waals surface area contributed by atoms with Crippen molar-refractivity contribution >= 4 is 57.2 Å². The zero-order valence-electron chi connectivity index (χ0n) is 20.5. The average molecular weight is 545 g/mol. The van der Waals surface area contributed by atoms with E-state index in [9.17, 15) is 28.8 Å². The lowest BCUT2D eigenvalue weighted by molar-refractivity contribution is -0.140. The Hall–Kier alpha value is -2.08. The van der Waals surface area contributed by atoms with Crippen LogP contribution in [0.3, 0.4) is 0 Å². The quantitative estimate of drug-likeness (QED) is 0.138. The molecule has 0 aromatic carbocycles. The van der Waals surface area contributed by atoms with Crippen molar-refractivity contribution in [3.8, 4) is 0 Å². The zero-order valence-corrected chi connectivity index (χ0v) is 22.2. The molecule has 0 bridgehead atoms. The monoisotopic (exact) mass is 544 g/mol. The minimum absolute atomic E-state index is 0.118. The van der Waals surface area contributed by atoms with Gasteiger partial charge in [-0.1, -0.05) is 60.1 Å². The SMILES string of the molecule is O=C(O)CCCCCCC(SSC(CCCCCCC(=O)O)N1C(=O)CCC1=O)N1C(=O)CCC1=O.